The molecule has 2 saturated carbocycles. The number of ketones is 1. The van der Waals surface area contributed by atoms with E-state index in [-0.39, 0.29) is 47.2 Å². The molecule has 0 radical (unpaired) electrons. The number of aryl methyl sites for hydroxylation is 2. The molecule has 1 aromatic carbocycles. The molecule has 6 nitrogen and oxygen atoms in total. The van der Waals surface area contributed by atoms with Gasteiger partial charge in [0.2, 0.25) is 11.8 Å². The Kier molecular flexibility index (Phi) is 5.28. The number of hydrogen-bond acceptors (Lipinski definition) is 5. The minimum Gasteiger partial charge on any atom is -0.456 e. The van der Waals surface area contributed by atoms with E-state index in [1.165, 1.54) is 0 Å². The normalized spacial score (nSPS) is 28.2. The highest BCUT2D eigenvalue weighted by atomic mass is 16.5. The number of Topliss-reactive ketones (excluding diaryl/α,β-unsaturated/α-hetero) is 1. The van der Waals surface area contributed by atoms with Gasteiger partial charge in [-0.15, -0.1) is 0 Å². The fraction of sp³-hybridized carbons (Fsp3) is 0.583. The van der Waals surface area contributed by atoms with E-state index < -0.39 is 18.6 Å². The number of fused-ring (bicyclic) bond motifs is 5. The Hall–Kier alpha value is -2.50. The molecule has 0 unspecified atom stereocenters. The summed E-state index contributed by atoms with van der Waals surface area (Å²) in [6.45, 7) is 7.06. The molecule has 0 N–H and O–H groups in total. The van der Waals surface area contributed by atoms with Crippen molar-refractivity contribution in [1.29, 1.82) is 0 Å². The van der Waals surface area contributed by atoms with Crippen molar-refractivity contribution in [2.24, 2.45) is 29.6 Å². The molecule has 0 aromatic heterocycles. The van der Waals surface area contributed by atoms with Crippen LogP contribution in [-0.2, 0) is 19.1 Å². The predicted molar refractivity (Wildman–Crippen MR) is 109 cm³/mol. The molecule has 4 rings (SSSR count). The number of carbonyl (C=O) groups excluding carboxylic acids is 4. The van der Waals surface area contributed by atoms with E-state index in [2.05, 4.69) is 0 Å². The van der Waals surface area contributed by atoms with E-state index in [0.717, 1.165) is 35.3 Å². The van der Waals surface area contributed by atoms with Gasteiger partial charge in [-0.3, -0.25) is 19.3 Å². The minimum absolute atomic E-state index is 0.228. The summed E-state index contributed by atoms with van der Waals surface area (Å²) in [7, 11) is 0. The number of benzene rings is 1. The van der Waals surface area contributed by atoms with Crippen LogP contribution in [0.3, 0.4) is 0 Å². The van der Waals surface area contributed by atoms with Crippen LogP contribution in [0.25, 0.3) is 0 Å². The van der Waals surface area contributed by atoms with Crippen molar-refractivity contribution in [2.45, 2.75) is 53.0 Å². The summed E-state index contributed by atoms with van der Waals surface area (Å²) in [4.78, 5) is 52.7. The SMILES string of the molecule is Cc1ccc(C(=O)COC(=O)[C@H](C(C)C)N2C(=O)[C@@H]3[C@H]4CC[C@@H](C4)[C@H]3C2=O)cc1C. The largest absolute Gasteiger partial charge is 0.456 e. The smallest absolute Gasteiger partial charge is 0.330 e. The Labute approximate surface area is 177 Å². The lowest BCUT2D eigenvalue weighted by Crippen LogP contribution is -2.50. The van der Waals surface area contributed by atoms with Crippen LogP contribution in [0.5, 0.6) is 0 Å². The summed E-state index contributed by atoms with van der Waals surface area (Å²) in [5, 5.41) is 0. The molecular weight excluding hydrogens is 382 g/mol. The zero-order valence-electron chi connectivity index (χ0n) is 18.0. The van der Waals surface area contributed by atoms with Crippen molar-refractivity contribution in [3.8, 4) is 0 Å². The topological polar surface area (TPSA) is 80.8 Å². The third-order valence-corrected chi connectivity index (χ3v) is 7.29. The lowest BCUT2D eigenvalue weighted by Gasteiger charge is -2.28. The number of ether oxygens (including phenoxy) is 1. The zero-order chi connectivity index (χ0) is 21.7. The van der Waals surface area contributed by atoms with Gasteiger partial charge in [0.1, 0.15) is 6.04 Å². The van der Waals surface area contributed by atoms with Crippen LogP contribution in [0.15, 0.2) is 18.2 Å². The second-order valence-corrected chi connectivity index (χ2v) is 9.45. The first-order valence-corrected chi connectivity index (χ1v) is 10.8. The molecule has 2 bridgehead atoms. The molecular formula is C24H29NO5. The summed E-state index contributed by atoms with van der Waals surface area (Å²) in [5.74, 6) is -1.77. The van der Waals surface area contributed by atoms with Gasteiger partial charge in [0.25, 0.3) is 0 Å². The standard InChI is InChI=1S/C24H29NO5/c1-12(2)21(24(29)30-11-18(26)15-6-5-13(3)14(4)9-15)25-22(27)19-16-7-8-17(10-16)20(19)23(25)28/h5-6,9,12,16-17,19-21H,7-8,10-11H2,1-4H3/t16-,17-,19+,20+,21-/m0/s1. The highest BCUT2D eigenvalue weighted by molar-refractivity contribution is 6.09. The summed E-state index contributed by atoms with van der Waals surface area (Å²) < 4.78 is 5.32. The van der Waals surface area contributed by atoms with Gasteiger partial charge in [-0.2, -0.15) is 0 Å². The van der Waals surface area contributed by atoms with Gasteiger partial charge >= 0.3 is 5.97 Å². The fourth-order valence-corrected chi connectivity index (χ4v) is 5.60. The maximum atomic E-state index is 13.1. The van der Waals surface area contributed by atoms with Gasteiger partial charge in [0.15, 0.2) is 12.4 Å². The van der Waals surface area contributed by atoms with E-state index in [0.29, 0.717) is 5.56 Å². The predicted octanol–water partition coefficient (Wildman–Crippen LogP) is 3.09. The molecule has 1 aliphatic heterocycles. The zero-order valence-corrected chi connectivity index (χ0v) is 18.0. The van der Waals surface area contributed by atoms with Crippen LogP contribution >= 0.6 is 0 Å². The molecule has 3 aliphatic rings. The summed E-state index contributed by atoms with van der Waals surface area (Å²) in [6, 6.07) is 4.36. The number of amides is 2. The van der Waals surface area contributed by atoms with Crippen molar-refractivity contribution >= 4 is 23.6 Å². The average Bonchev–Trinajstić information content (AvgIpc) is 3.38. The first-order valence-electron chi connectivity index (χ1n) is 10.8. The summed E-state index contributed by atoms with van der Waals surface area (Å²) >= 11 is 0. The molecule has 3 fully saturated rings. The lowest BCUT2D eigenvalue weighted by atomic mass is 9.81. The van der Waals surface area contributed by atoms with E-state index in [1.54, 1.807) is 26.0 Å². The number of nitrogens with zero attached hydrogens (tertiary/aromatic N) is 1. The highest BCUT2D eigenvalue weighted by Gasteiger charge is 2.62. The molecule has 0 spiro atoms. The van der Waals surface area contributed by atoms with Crippen molar-refractivity contribution in [1.82, 2.24) is 4.90 Å². The number of hydrogen-bond donors (Lipinski definition) is 0. The third kappa shape index (κ3) is 3.26. The van der Waals surface area contributed by atoms with E-state index >= 15 is 0 Å². The van der Waals surface area contributed by atoms with E-state index in [9.17, 15) is 19.2 Å². The number of esters is 1. The first-order chi connectivity index (χ1) is 14.2. The summed E-state index contributed by atoms with van der Waals surface area (Å²) in [6.07, 6.45) is 2.92. The van der Waals surface area contributed by atoms with Crippen molar-refractivity contribution in [3.05, 3.63) is 34.9 Å². The molecule has 1 saturated heterocycles. The molecule has 1 heterocycles. The number of imide groups is 1. The van der Waals surface area contributed by atoms with Gasteiger partial charge < -0.3 is 4.74 Å². The van der Waals surface area contributed by atoms with Crippen LogP contribution in [0.2, 0.25) is 0 Å². The first kappa shape index (κ1) is 20.8. The fourth-order valence-electron chi connectivity index (χ4n) is 5.60. The Bertz CT molecular complexity index is 892. The Morgan fingerprint density at radius 2 is 1.63 bits per heavy atom. The van der Waals surface area contributed by atoms with Crippen LogP contribution < -0.4 is 0 Å². The average molecular weight is 411 g/mol. The molecule has 1 aromatic rings. The summed E-state index contributed by atoms with van der Waals surface area (Å²) in [5.41, 5.74) is 2.54. The van der Waals surface area contributed by atoms with Crippen LogP contribution in [0.4, 0.5) is 0 Å². The van der Waals surface area contributed by atoms with Gasteiger partial charge in [-0.05, 0) is 68.1 Å². The van der Waals surface area contributed by atoms with Crippen LogP contribution in [-0.4, -0.2) is 41.1 Å². The molecule has 30 heavy (non-hydrogen) atoms. The van der Waals surface area contributed by atoms with Crippen molar-refractivity contribution in [2.75, 3.05) is 6.61 Å². The number of carbonyl (C=O) groups is 4. The molecule has 5 atom stereocenters. The number of likely N-dealkylation sites (tertiary alicyclic amines) is 1. The monoisotopic (exact) mass is 411 g/mol. The van der Waals surface area contributed by atoms with Gasteiger partial charge in [-0.25, -0.2) is 4.79 Å². The molecule has 6 heteroatoms. The Morgan fingerprint density at radius 1 is 1.03 bits per heavy atom. The molecule has 160 valence electrons. The maximum absolute atomic E-state index is 13.1. The Morgan fingerprint density at radius 3 is 2.17 bits per heavy atom. The van der Waals surface area contributed by atoms with E-state index in [1.807, 2.05) is 19.9 Å². The van der Waals surface area contributed by atoms with Gasteiger partial charge in [-0.1, -0.05) is 26.0 Å². The van der Waals surface area contributed by atoms with Crippen LogP contribution in [0.1, 0.15) is 54.6 Å². The van der Waals surface area contributed by atoms with Gasteiger partial charge in [0, 0.05) is 5.56 Å². The minimum atomic E-state index is -0.984. The second-order valence-electron chi connectivity index (χ2n) is 9.45. The maximum Gasteiger partial charge on any atom is 0.330 e. The molecule has 2 amide bonds. The quantitative estimate of drug-likeness (QED) is 0.408. The Balaban J connectivity index is 1.47. The second kappa shape index (κ2) is 7.64. The highest BCUT2D eigenvalue weighted by Crippen LogP contribution is 2.56. The van der Waals surface area contributed by atoms with Crippen molar-refractivity contribution in [3.63, 3.8) is 0 Å². The molecule has 2 aliphatic carbocycles. The van der Waals surface area contributed by atoms with Crippen LogP contribution in [0, 0.1) is 43.4 Å². The lowest BCUT2D eigenvalue weighted by molar-refractivity contribution is -0.160. The third-order valence-electron chi connectivity index (χ3n) is 7.29. The van der Waals surface area contributed by atoms with E-state index in [4.69, 9.17) is 4.74 Å². The van der Waals surface area contributed by atoms with Gasteiger partial charge in [0.05, 0.1) is 11.8 Å². The number of rotatable bonds is 6. The van der Waals surface area contributed by atoms with Crippen molar-refractivity contribution < 1.29 is 23.9 Å².